The number of nitrogens with zero attached hydrogens (tertiary/aromatic N) is 3. The van der Waals surface area contributed by atoms with Crippen molar-refractivity contribution in [3.63, 3.8) is 0 Å². The van der Waals surface area contributed by atoms with Gasteiger partial charge in [0.15, 0.2) is 5.76 Å². The average molecular weight is 424 g/mol. The largest absolute Gasteiger partial charge is 0.355 e. The molecule has 2 heterocycles. The van der Waals surface area contributed by atoms with Crippen molar-refractivity contribution in [1.82, 2.24) is 15.0 Å². The number of rotatable bonds is 5. The van der Waals surface area contributed by atoms with Crippen LogP contribution in [0, 0.1) is 0 Å². The van der Waals surface area contributed by atoms with Crippen molar-refractivity contribution in [2.24, 2.45) is 0 Å². The summed E-state index contributed by atoms with van der Waals surface area (Å²) in [5, 5.41) is 5.02. The van der Waals surface area contributed by atoms with Crippen molar-refractivity contribution in [3.05, 3.63) is 96.1 Å². The van der Waals surface area contributed by atoms with Crippen LogP contribution >= 0.6 is 0 Å². The molecule has 1 amide bonds. The highest BCUT2D eigenvalue weighted by atomic mass is 16.5. The van der Waals surface area contributed by atoms with E-state index in [1.54, 1.807) is 0 Å². The lowest BCUT2D eigenvalue weighted by atomic mass is 10.1. The van der Waals surface area contributed by atoms with Gasteiger partial charge < -0.3 is 9.42 Å². The number of benzene rings is 3. The van der Waals surface area contributed by atoms with Gasteiger partial charge in [0.2, 0.25) is 0 Å². The van der Waals surface area contributed by atoms with Crippen LogP contribution in [0.15, 0.2) is 89.5 Å². The third kappa shape index (κ3) is 4.34. The van der Waals surface area contributed by atoms with Gasteiger partial charge in [0, 0.05) is 43.9 Å². The van der Waals surface area contributed by atoms with Crippen molar-refractivity contribution >= 4 is 22.9 Å². The minimum Gasteiger partial charge on any atom is -0.355 e. The third-order valence-corrected chi connectivity index (χ3v) is 5.89. The van der Waals surface area contributed by atoms with Crippen LogP contribution in [0.5, 0.6) is 0 Å². The van der Waals surface area contributed by atoms with E-state index in [0.717, 1.165) is 49.2 Å². The minimum absolute atomic E-state index is 0.0617. The van der Waals surface area contributed by atoms with E-state index in [1.807, 2.05) is 71.6 Å². The summed E-state index contributed by atoms with van der Waals surface area (Å²) in [6.45, 7) is 4.09. The van der Waals surface area contributed by atoms with Gasteiger partial charge in [-0.05, 0) is 23.8 Å². The molecule has 0 unspecified atom stereocenters. The maximum Gasteiger partial charge on any atom is 0.253 e. The molecular weight excluding hydrogens is 398 g/mol. The molecule has 0 aliphatic carbocycles. The lowest BCUT2D eigenvalue weighted by molar-refractivity contribution is 0.0650. The lowest BCUT2D eigenvalue weighted by Gasteiger charge is -2.34. The summed E-state index contributed by atoms with van der Waals surface area (Å²) in [6.07, 6.45) is 4.34. The number of hydrogen-bond acceptors (Lipinski definition) is 4. The van der Waals surface area contributed by atoms with Crippen molar-refractivity contribution in [2.45, 2.75) is 0 Å². The number of hydrogen-bond donors (Lipinski definition) is 0. The number of carbonyl (C=O) groups is 1. The third-order valence-electron chi connectivity index (χ3n) is 5.89. The van der Waals surface area contributed by atoms with Gasteiger partial charge in [-0.15, -0.1) is 0 Å². The normalized spacial score (nSPS) is 14.9. The van der Waals surface area contributed by atoms with Crippen LogP contribution in [0.2, 0.25) is 0 Å². The summed E-state index contributed by atoms with van der Waals surface area (Å²) in [7, 11) is 0. The average Bonchev–Trinajstić information content (AvgIpc) is 3.29. The van der Waals surface area contributed by atoms with E-state index in [4.69, 9.17) is 4.52 Å². The highest BCUT2D eigenvalue weighted by molar-refractivity contribution is 6.01. The molecule has 0 saturated carbocycles. The Kier molecular flexibility index (Phi) is 5.81. The minimum atomic E-state index is 0.0617. The molecule has 0 N–H and O–H groups in total. The molecule has 1 fully saturated rings. The van der Waals surface area contributed by atoms with Gasteiger partial charge in [-0.1, -0.05) is 78.0 Å². The van der Waals surface area contributed by atoms with E-state index in [9.17, 15) is 4.79 Å². The zero-order chi connectivity index (χ0) is 21.8. The molecule has 1 saturated heterocycles. The predicted molar refractivity (Wildman–Crippen MR) is 127 cm³/mol. The Morgan fingerprint density at radius 3 is 2.38 bits per heavy atom. The van der Waals surface area contributed by atoms with Gasteiger partial charge in [-0.3, -0.25) is 9.69 Å². The molecule has 0 bridgehead atoms. The lowest BCUT2D eigenvalue weighted by Crippen LogP contribution is -2.48. The number of carbonyl (C=O) groups excluding carboxylic acids is 1. The van der Waals surface area contributed by atoms with Crippen LogP contribution < -0.4 is 0 Å². The van der Waals surface area contributed by atoms with Gasteiger partial charge >= 0.3 is 0 Å². The second-order valence-corrected chi connectivity index (χ2v) is 8.02. The van der Waals surface area contributed by atoms with Crippen molar-refractivity contribution in [1.29, 1.82) is 0 Å². The van der Waals surface area contributed by atoms with E-state index in [-0.39, 0.29) is 5.91 Å². The number of aromatic nitrogens is 1. The van der Waals surface area contributed by atoms with Crippen molar-refractivity contribution < 1.29 is 9.32 Å². The molecule has 0 spiro atoms. The second-order valence-electron chi connectivity index (χ2n) is 8.02. The molecule has 0 radical (unpaired) electrons. The standard InChI is InChI=1S/C27H25N3O2/c31-27(30-18-16-29(17-19-30)15-7-10-21-8-3-1-4-9-21)23-13-14-25-24(20-23)26(32-28-25)22-11-5-2-6-12-22/h1-14,20H,15-19H2. The van der Waals surface area contributed by atoms with Crippen molar-refractivity contribution in [3.8, 4) is 11.3 Å². The van der Waals surface area contributed by atoms with Crippen LogP contribution in [0.1, 0.15) is 15.9 Å². The number of amides is 1. The van der Waals surface area contributed by atoms with Crippen LogP contribution in [0.4, 0.5) is 0 Å². The fraction of sp³-hybridized carbons (Fsp3) is 0.185. The number of fused-ring (bicyclic) bond motifs is 1. The maximum absolute atomic E-state index is 13.2. The Morgan fingerprint density at radius 2 is 1.62 bits per heavy atom. The topological polar surface area (TPSA) is 49.6 Å². The quantitative estimate of drug-likeness (QED) is 0.455. The smallest absolute Gasteiger partial charge is 0.253 e. The Morgan fingerprint density at radius 1 is 0.906 bits per heavy atom. The molecule has 160 valence electrons. The Bertz CT molecular complexity index is 1220. The van der Waals surface area contributed by atoms with Crippen LogP contribution in [0.3, 0.4) is 0 Å². The summed E-state index contributed by atoms with van der Waals surface area (Å²) in [5.41, 5.74) is 3.60. The summed E-state index contributed by atoms with van der Waals surface area (Å²) >= 11 is 0. The van der Waals surface area contributed by atoms with E-state index in [0.29, 0.717) is 11.3 Å². The van der Waals surface area contributed by atoms with Crippen LogP contribution in [-0.2, 0) is 0 Å². The number of piperazine rings is 1. The van der Waals surface area contributed by atoms with Crippen LogP contribution in [0.25, 0.3) is 28.3 Å². The van der Waals surface area contributed by atoms with E-state index >= 15 is 0 Å². The summed E-state index contributed by atoms with van der Waals surface area (Å²) in [6, 6.07) is 25.8. The van der Waals surface area contributed by atoms with Gasteiger partial charge in [-0.2, -0.15) is 0 Å². The molecule has 5 rings (SSSR count). The summed E-state index contributed by atoms with van der Waals surface area (Å²) in [4.78, 5) is 17.5. The van der Waals surface area contributed by atoms with Gasteiger partial charge in [0.25, 0.3) is 5.91 Å². The Hall–Kier alpha value is -3.70. The van der Waals surface area contributed by atoms with Crippen molar-refractivity contribution in [2.75, 3.05) is 32.7 Å². The SMILES string of the molecule is O=C(c1ccc2noc(-c3ccccc3)c2c1)N1CCN(CC=Cc2ccccc2)CC1. The highest BCUT2D eigenvalue weighted by Crippen LogP contribution is 2.29. The first-order chi connectivity index (χ1) is 15.8. The van der Waals surface area contributed by atoms with Gasteiger partial charge in [-0.25, -0.2) is 0 Å². The summed E-state index contributed by atoms with van der Waals surface area (Å²) in [5.74, 6) is 0.761. The first kappa shape index (κ1) is 20.2. The fourth-order valence-corrected chi connectivity index (χ4v) is 4.09. The molecule has 4 aromatic rings. The molecule has 0 atom stereocenters. The Labute approximate surface area is 187 Å². The van der Waals surface area contributed by atoms with E-state index in [1.165, 1.54) is 5.56 Å². The zero-order valence-electron chi connectivity index (χ0n) is 17.9. The monoisotopic (exact) mass is 423 g/mol. The fourth-order valence-electron chi connectivity index (χ4n) is 4.09. The first-order valence-electron chi connectivity index (χ1n) is 11.0. The molecule has 5 heteroatoms. The maximum atomic E-state index is 13.2. The molecular formula is C27H25N3O2. The predicted octanol–water partition coefficient (Wildman–Crippen LogP) is 4.97. The second kappa shape index (κ2) is 9.20. The molecule has 1 aliphatic heterocycles. The van der Waals surface area contributed by atoms with Gasteiger partial charge in [0.05, 0.1) is 5.39 Å². The zero-order valence-corrected chi connectivity index (χ0v) is 17.9. The molecule has 3 aromatic carbocycles. The van der Waals surface area contributed by atoms with E-state index < -0.39 is 0 Å². The summed E-state index contributed by atoms with van der Waals surface area (Å²) < 4.78 is 5.58. The Balaban J connectivity index is 1.24. The van der Waals surface area contributed by atoms with Crippen LogP contribution in [-0.4, -0.2) is 53.6 Å². The highest BCUT2D eigenvalue weighted by Gasteiger charge is 2.22. The molecule has 32 heavy (non-hydrogen) atoms. The first-order valence-corrected chi connectivity index (χ1v) is 11.0. The molecule has 1 aromatic heterocycles. The molecule has 5 nitrogen and oxygen atoms in total. The van der Waals surface area contributed by atoms with Gasteiger partial charge in [0.1, 0.15) is 5.52 Å². The molecule has 1 aliphatic rings. The van der Waals surface area contributed by atoms with E-state index in [2.05, 4.69) is 34.3 Å².